The molecule has 1 N–H and O–H groups in total. The van der Waals surface area contributed by atoms with Gasteiger partial charge in [-0.1, -0.05) is 29.4 Å². The molecule has 1 aliphatic rings. The van der Waals surface area contributed by atoms with Gasteiger partial charge in [0.1, 0.15) is 23.2 Å². The summed E-state index contributed by atoms with van der Waals surface area (Å²) in [6, 6.07) is 13.2. The molecule has 1 heterocycles. The van der Waals surface area contributed by atoms with Gasteiger partial charge < -0.3 is 9.84 Å². The van der Waals surface area contributed by atoms with E-state index in [0.29, 0.717) is 28.0 Å². The first kappa shape index (κ1) is 27.1. The number of thioether (sulfide) groups is 1. The third kappa shape index (κ3) is 5.01. The van der Waals surface area contributed by atoms with E-state index in [2.05, 4.69) is 6.92 Å². The molecule has 0 amide bonds. The van der Waals surface area contributed by atoms with Gasteiger partial charge in [-0.2, -0.15) is 0 Å². The fraction of sp³-hybridized carbons (Fsp3) is 0.241. The van der Waals surface area contributed by atoms with E-state index in [1.807, 2.05) is 16.7 Å². The Morgan fingerprint density at radius 2 is 1.82 bits per heavy atom. The molecule has 0 spiro atoms. The molecule has 0 aliphatic heterocycles. The molecule has 1 aliphatic carbocycles. The zero-order valence-electron chi connectivity index (χ0n) is 21.1. The number of aromatic carboxylic acids is 1. The average molecular weight is 573 g/mol. The van der Waals surface area contributed by atoms with Gasteiger partial charge in [-0.3, -0.25) is 4.57 Å². The third-order valence-electron chi connectivity index (χ3n) is 7.14. The normalized spacial score (nSPS) is 16.7. The van der Waals surface area contributed by atoms with E-state index in [9.17, 15) is 18.0 Å². The van der Waals surface area contributed by atoms with Crippen LogP contribution in [0.3, 0.4) is 0 Å². The number of halogens is 4. The van der Waals surface area contributed by atoms with Crippen molar-refractivity contribution in [3.8, 4) is 11.4 Å². The molecule has 0 fully saturated rings. The lowest BCUT2D eigenvalue weighted by Crippen LogP contribution is -2.31. The maximum atomic E-state index is 14.7. The lowest BCUT2D eigenvalue weighted by atomic mass is 9.71. The van der Waals surface area contributed by atoms with Crippen LogP contribution < -0.4 is 4.74 Å². The van der Waals surface area contributed by atoms with Crippen molar-refractivity contribution in [1.29, 1.82) is 0 Å². The molecule has 1 aromatic heterocycles. The van der Waals surface area contributed by atoms with Crippen LogP contribution in [0.2, 0.25) is 5.02 Å². The number of hydrogen-bond acceptors (Lipinski definition) is 4. The van der Waals surface area contributed by atoms with Gasteiger partial charge in [-0.25, -0.2) is 22.9 Å². The van der Waals surface area contributed by atoms with E-state index in [1.54, 1.807) is 25.3 Å². The van der Waals surface area contributed by atoms with Crippen molar-refractivity contribution in [1.82, 2.24) is 9.55 Å². The smallest absolute Gasteiger partial charge is 0.335 e. The summed E-state index contributed by atoms with van der Waals surface area (Å²) >= 11 is 7.43. The summed E-state index contributed by atoms with van der Waals surface area (Å²) in [4.78, 5) is 16.1. The fourth-order valence-electron chi connectivity index (χ4n) is 5.12. The number of methoxy groups -OCH3 is 1. The van der Waals surface area contributed by atoms with Gasteiger partial charge >= 0.3 is 5.97 Å². The Bertz CT molecular complexity index is 1550. The van der Waals surface area contributed by atoms with Gasteiger partial charge in [-0.05, 0) is 80.3 Å². The van der Waals surface area contributed by atoms with Crippen molar-refractivity contribution >= 4 is 29.3 Å². The molecular formula is C29H24ClF3N2O3S. The largest absolute Gasteiger partial charge is 0.495 e. The van der Waals surface area contributed by atoms with Crippen LogP contribution in [-0.4, -0.2) is 27.7 Å². The number of aromatic nitrogens is 2. The SMILES string of the molecule is COc1cc(C2(C)CCCc3nc(SCc4c(F)cc(C(=O)O)cc4F)n(-c4ccc(F)cc4)c32)ccc1Cl. The van der Waals surface area contributed by atoms with Crippen LogP contribution in [-0.2, 0) is 17.6 Å². The summed E-state index contributed by atoms with van der Waals surface area (Å²) in [5, 5.41) is 10.1. The number of aryl methyl sites for hydroxylation is 1. The lowest BCUT2D eigenvalue weighted by Gasteiger charge is -2.36. The highest BCUT2D eigenvalue weighted by Crippen LogP contribution is 2.46. The molecule has 202 valence electrons. The molecule has 1 atom stereocenters. The van der Waals surface area contributed by atoms with E-state index in [-0.39, 0.29) is 11.3 Å². The molecule has 3 aromatic carbocycles. The predicted octanol–water partition coefficient (Wildman–Crippen LogP) is 7.58. The Labute approximate surface area is 232 Å². The third-order valence-corrected chi connectivity index (χ3v) is 8.42. The zero-order valence-corrected chi connectivity index (χ0v) is 22.7. The van der Waals surface area contributed by atoms with E-state index in [4.69, 9.17) is 26.4 Å². The molecule has 1 unspecified atom stereocenters. The number of rotatable bonds is 7. The summed E-state index contributed by atoms with van der Waals surface area (Å²) in [5.74, 6) is -3.27. The number of fused-ring (bicyclic) bond motifs is 1. The monoisotopic (exact) mass is 572 g/mol. The van der Waals surface area contributed by atoms with Crippen LogP contribution in [0.5, 0.6) is 5.75 Å². The molecular weight excluding hydrogens is 549 g/mol. The average Bonchev–Trinajstić information content (AvgIpc) is 3.28. The number of benzene rings is 3. The maximum absolute atomic E-state index is 14.7. The molecule has 10 heteroatoms. The van der Waals surface area contributed by atoms with Crippen molar-refractivity contribution in [2.75, 3.05) is 7.11 Å². The predicted molar refractivity (Wildman–Crippen MR) is 144 cm³/mol. The molecule has 0 saturated carbocycles. The van der Waals surface area contributed by atoms with Crippen molar-refractivity contribution in [3.63, 3.8) is 0 Å². The van der Waals surface area contributed by atoms with Crippen LogP contribution in [0, 0.1) is 17.5 Å². The molecule has 0 radical (unpaired) electrons. The first-order valence-electron chi connectivity index (χ1n) is 12.2. The van der Waals surface area contributed by atoms with E-state index in [0.717, 1.165) is 53.7 Å². The highest BCUT2D eigenvalue weighted by atomic mass is 35.5. The summed E-state index contributed by atoms with van der Waals surface area (Å²) in [6.45, 7) is 2.10. The van der Waals surface area contributed by atoms with Gasteiger partial charge in [0.2, 0.25) is 0 Å². The Hall–Kier alpha value is -3.43. The molecule has 5 rings (SSSR count). The minimum absolute atomic E-state index is 0.125. The second-order valence-corrected chi connectivity index (χ2v) is 10.9. The van der Waals surface area contributed by atoms with Gasteiger partial charge in [0, 0.05) is 22.4 Å². The molecule has 0 saturated heterocycles. The van der Waals surface area contributed by atoms with Gasteiger partial charge in [0.15, 0.2) is 5.16 Å². The molecule has 0 bridgehead atoms. The first-order valence-corrected chi connectivity index (χ1v) is 13.5. The molecule has 39 heavy (non-hydrogen) atoms. The fourth-order valence-corrected chi connectivity index (χ4v) is 6.37. The first-order chi connectivity index (χ1) is 18.6. The summed E-state index contributed by atoms with van der Waals surface area (Å²) in [5.41, 5.74) is 2.12. The van der Waals surface area contributed by atoms with Gasteiger partial charge in [0.25, 0.3) is 0 Å². The van der Waals surface area contributed by atoms with E-state index < -0.39 is 34.4 Å². The Morgan fingerprint density at radius 1 is 1.13 bits per heavy atom. The standard InChI is InChI=1S/C29H24ClF3N2O3S/c1-29(17-5-10-21(30)25(14-17)38-2)11-3-4-24-26(29)35(19-8-6-18(31)7-9-19)28(34-24)39-15-20-22(32)12-16(27(36)37)13-23(20)33/h5-10,12-14H,3-4,11,15H2,1-2H3,(H,36,37). The van der Waals surface area contributed by atoms with Gasteiger partial charge in [0.05, 0.1) is 29.1 Å². The minimum atomic E-state index is -1.41. The van der Waals surface area contributed by atoms with Gasteiger partial charge in [-0.15, -0.1) is 0 Å². The Balaban J connectivity index is 1.63. The van der Waals surface area contributed by atoms with E-state index >= 15 is 0 Å². The highest BCUT2D eigenvalue weighted by Gasteiger charge is 2.40. The van der Waals surface area contributed by atoms with Crippen LogP contribution in [0.1, 0.15) is 52.6 Å². The second kappa shape index (κ2) is 10.6. The van der Waals surface area contributed by atoms with Crippen LogP contribution in [0.4, 0.5) is 13.2 Å². The molecule has 5 nitrogen and oxygen atoms in total. The van der Waals surface area contributed by atoms with Crippen molar-refractivity contribution in [2.45, 2.75) is 42.5 Å². The number of imidazole rings is 1. The highest BCUT2D eigenvalue weighted by molar-refractivity contribution is 7.98. The topological polar surface area (TPSA) is 64.3 Å². The van der Waals surface area contributed by atoms with E-state index in [1.165, 1.54) is 12.1 Å². The molecule has 4 aromatic rings. The summed E-state index contributed by atoms with van der Waals surface area (Å²) < 4.78 is 50.7. The summed E-state index contributed by atoms with van der Waals surface area (Å²) in [7, 11) is 1.55. The van der Waals surface area contributed by atoms with Crippen molar-refractivity contribution in [2.24, 2.45) is 0 Å². The van der Waals surface area contributed by atoms with Crippen LogP contribution in [0.15, 0.2) is 59.8 Å². The number of hydrogen-bond donors (Lipinski definition) is 1. The van der Waals surface area contributed by atoms with Crippen molar-refractivity contribution in [3.05, 3.63) is 105 Å². The maximum Gasteiger partial charge on any atom is 0.335 e. The quantitative estimate of drug-likeness (QED) is 0.231. The van der Waals surface area contributed by atoms with Crippen molar-refractivity contribution < 1.29 is 27.8 Å². The Morgan fingerprint density at radius 3 is 2.46 bits per heavy atom. The number of ether oxygens (including phenoxy) is 1. The number of carbonyl (C=O) groups is 1. The van der Waals surface area contributed by atoms with Crippen LogP contribution >= 0.6 is 23.4 Å². The Kier molecular flexibility index (Phi) is 7.39. The summed E-state index contributed by atoms with van der Waals surface area (Å²) in [6.07, 6.45) is 2.36. The number of nitrogens with zero attached hydrogens (tertiary/aromatic N) is 2. The lowest BCUT2D eigenvalue weighted by molar-refractivity contribution is 0.0695. The van der Waals surface area contributed by atoms with Crippen LogP contribution in [0.25, 0.3) is 5.69 Å². The number of carboxylic acids is 1. The second-order valence-electron chi connectivity index (χ2n) is 9.55. The minimum Gasteiger partial charge on any atom is -0.495 e. The number of carboxylic acid groups (broad SMARTS) is 1. The zero-order chi connectivity index (χ0) is 27.9.